The van der Waals surface area contributed by atoms with Crippen molar-refractivity contribution in [2.45, 2.75) is 32.2 Å². The Bertz CT molecular complexity index is 1160. The van der Waals surface area contributed by atoms with Gasteiger partial charge in [0.1, 0.15) is 10.8 Å². The maximum Gasteiger partial charge on any atom is 0.338 e. The maximum absolute atomic E-state index is 13.1. The number of hydrogen-bond acceptors (Lipinski definition) is 5. The van der Waals surface area contributed by atoms with E-state index in [1.165, 1.54) is 23.5 Å². The van der Waals surface area contributed by atoms with Crippen molar-refractivity contribution in [2.75, 3.05) is 11.9 Å². The number of amides is 2. The predicted molar refractivity (Wildman–Crippen MR) is 124 cm³/mol. The molecule has 0 bridgehead atoms. The van der Waals surface area contributed by atoms with Crippen LogP contribution in [0, 0.1) is 5.82 Å². The molecule has 2 amide bonds. The second kappa shape index (κ2) is 10.4. The van der Waals surface area contributed by atoms with Gasteiger partial charge in [0.15, 0.2) is 6.61 Å². The Morgan fingerprint density at radius 2 is 1.70 bits per heavy atom. The Morgan fingerprint density at radius 1 is 0.970 bits per heavy atom. The molecule has 0 radical (unpaired) electrons. The number of hydrogen-bond donors (Lipinski definition) is 2. The fraction of sp³-hybridized carbons (Fsp3) is 0.240. The highest BCUT2D eigenvalue weighted by atomic mass is 32.1. The van der Waals surface area contributed by atoms with Gasteiger partial charge < -0.3 is 15.4 Å². The van der Waals surface area contributed by atoms with Crippen LogP contribution in [0.2, 0.25) is 0 Å². The minimum Gasteiger partial charge on any atom is -0.452 e. The van der Waals surface area contributed by atoms with Crippen LogP contribution in [0.1, 0.15) is 49.6 Å². The molecule has 0 unspecified atom stereocenters. The first-order chi connectivity index (χ1) is 16.0. The molecular formula is C25H23FN2O4S. The van der Waals surface area contributed by atoms with Crippen molar-refractivity contribution in [3.05, 3.63) is 87.5 Å². The van der Waals surface area contributed by atoms with Gasteiger partial charge in [0, 0.05) is 11.4 Å². The van der Waals surface area contributed by atoms with E-state index in [1.54, 1.807) is 0 Å². The number of thiophene rings is 1. The van der Waals surface area contributed by atoms with Crippen LogP contribution >= 0.6 is 11.3 Å². The van der Waals surface area contributed by atoms with Crippen LogP contribution < -0.4 is 10.6 Å². The van der Waals surface area contributed by atoms with Gasteiger partial charge in [0.2, 0.25) is 0 Å². The number of carbonyl (C=O) groups excluding carboxylic acids is 3. The number of anilines is 1. The molecule has 8 heteroatoms. The molecule has 1 aliphatic carbocycles. The minimum absolute atomic E-state index is 0.150. The summed E-state index contributed by atoms with van der Waals surface area (Å²) in [6.45, 7) is -0.128. The quantitative estimate of drug-likeness (QED) is 0.503. The van der Waals surface area contributed by atoms with E-state index < -0.39 is 24.3 Å². The lowest BCUT2D eigenvalue weighted by Crippen LogP contribution is -2.26. The van der Waals surface area contributed by atoms with Crippen LogP contribution in [0.4, 0.5) is 9.39 Å². The third kappa shape index (κ3) is 5.64. The monoisotopic (exact) mass is 466 g/mol. The fourth-order valence-corrected chi connectivity index (χ4v) is 5.03. The van der Waals surface area contributed by atoms with Crippen molar-refractivity contribution >= 4 is 34.1 Å². The summed E-state index contributed by atoms with van der Waals surface area (Å²) in [5.74, 6) is -1.97. The molecule has 4 rings (SSSR count). The van der Waals surface area contributed by atoms with E-state index in [1.807, 2.05) is 30.3 Å². The van der Waals surface area contributed by atoms with E-state index in [-0.39, 0.29) is 11.5 Å². The highest BCUT2D eigenvalue weighted by Gasteiger charge is 2.26. The number of rotatable bonds is 7. The zero-order valence-corrected chi connectivity index (χ0v) is 18.7. The second-order valence-electron chi connectivity index (χ2n) is 7.71. The molecule has 0 aliphatic heterocycles. The Hall–Kier alpha value is -3.52. The molecule has 1 aliphatic rings. The van der Waals surface area contributed by atoms with Crippen LogP contribution in [0.15, 0.2) is 54.6 Å². The molecule has 2 aromatic carbocycles. The maximum atomic E-state index is 13.1. The van der Waals surface area contributed by atoms with Crippen LogP contribution in [-0.4, -0.2) is 24.4 Å². The average molecular weight is 467 g/mol. The number of halogens is 1. The lowest BCUT2D eigenvalue weighted by molar-refractivity contribution is -0.119. The summed E-state index contributed by atoms with van der Waals surface area (Å²) in [4.78, 5) is 38.7. The molecule has 0 atom stereocenters. The number of aryl methyl sites for hydroxylation is 1. The lowest BCUT2D eigenvalue weighted by atomic mass is 9.95. The number of esters is 1. The highest BCUT2D eigenvalue weighted by Crippen LogP contribution is 2.38. The molecular weight excluding hydrogens is 443 g/mol. The number of benzene rings is 2. The molecule has 33 heavy (non-hydrogen) atoms. The summed E-state index contributed by atoms with van der Waals surface area (Å²) in [7, 11) is 0. The molecule has 3 aromatic rings. The van der Waals surface area contributed by atoms with Gasteiger partial charge >= 0.3 is 5.97 Å². The molecule has 170 valence electrons. The number of ether oxygens (including phenoxy) is 1. The molecule has 0 saturated carbocycles. The molecule has 0 saturated heterocycles. The van der Waals surface area contributed by atoms with E-state index in [4.69, 9.17) is 4.74 Å². The van der Waals surface area contributed by atoms with Gasteiger partial charge in [-0.15, -0.1) is 11.3 Å². The summed E-state index contributed by atoms with van der Waals surface area (Å²) in [6.07, 6.45) is 3.69. The van der Waals surface area contributed by atoms with Crippen molar-refractivity contribution in [2.24, 2.45) is 0 Å². The smallest absolute Gasteiger partial charge is 0.338 e. The van der Waals surface area contributed by atoms with Gasteiger partial charge in [-0.1, -0.05) is 30.3 Å². The second-order valence-corrected chi connectivity index (χ2v) is 8.82. The zero-order valence-electron chi connectivity index (χ0n) is 17.9. The molecule has 1 heterocycles. The van der Waals surface area contributed by atoms with Gasteiger partial charge in [0.05, 0.1) is 11.1 Å². The zero-order chi connectivity index (χ0) is 23.2. The number of fused-ring (bicyclic) bond motifs is 1. The van der Waals surface area contributed by atoms with Crippen LogP contribution in [0.3, 0.4) is 0 Å². The normalized spacial score (nSPS) is 12.5. The van der Waals surface area contributed by atoms with Gasteiger partial charge in [-0.25, -0.2) is 9.18 Å². The van der Waals surface area contributed by atoms with Crippen molar-refractivity contribution in [3.63, 3.8) is 0 Å². The van der Waals surface area contributed by atoms with Crippen LogP contribution in [0.25, 0.3) is 0 Å². The van der Waals surface area contributed by atoms with E-state index in [0.717, 1.165) is 53.8 Å². The average Bonchev–Trinajstić information content (AvgIpc) is 3.20. The molecule has 1 aromatic heterocycles. The molecule has 0 spiro atoms. The van der Waals surface area contributed by atoms with Gasteiger partial charge in [-0.3, -0.25) is 9.59 Å². The summed E-state index contributed by atoms with van der Waals surface area (Å²) in [5, 5.41) is 6.15. The summed E-state index contributed by atoms with van der Waals surface area (Å²) in [6, 6.07) is 14.5. The summed E-state index contributed by atoms with van der Waals surface area (Å²) < 4.78 is 18.1. The van der Waals surface area contributed by atoms with E-state index in [2.05, 4.69) is 10.6 Å². The van der Waals surface area contributed by atoms with Gasteiger partial charge in [0.25, 0.3) is 11.8 Å². The SMILES string of the molecule is O=C(COC(=O)c1ccc(F)cc1)Nc1sc2c(c1C(=O)NCc1ccccc1)CCCC2. The Balaban J connectivity index is 1.43. The van der Waals surface area contributed by atoms with Crippen LogP contribution in [0.5, 0.6) is 0 Å². The van der Waals surface area contributed by atoms with Crippen molar-refractivity contribution in [1.82, 2.24) is 5.32 Å². The number of nitrogens with one attached hydrogen (secondary N) is 2. The Kier molecular flexibility index (Phi) is 7.14. The third-order valence-electron chi connectivity index (χ3n) is 5.36. The van der Waals surface area contributed by atoms with E-state index >= 15 is 0 Å². The largest absolute Gasteiger partial charge is 0.452 e. The first-order valence-corrected chi connectivity index (χ1v) is 11.5. The van der Waals surface area contributed by atoms with E-state index in [0.29, 0.717) is 17.1 Å². The van der Waals surface area contributed by atoms with Crippen LogP contribution in [-0.2, 0) is 28.9 Å². The standard InChI is InChI=1S/C25H23FN2O4S/c26-18-12-10-17(11-13-18)25(31)32-15-21(29)28-24-22(19-8-4-5-9-20(19)33-24)23(30)27-14-16-6-2-1-3-7-16/h1-3,6-7,10-13H,4-5,8-9,14-15H2,(H,27,30)(H,28,29). The minimum atomic E-state index is -0.726. The van der Waals surface area contributed by atoms with Crippen molar-refractivity contribution in [3.8, 4) is 0 Å². The van der Waals surface area contributed by atoms with Crippen molar-refractivity contribution < 1.29 is 23.5 Å². The summed E-state index contributed by atoms with van der Waals surface area (Å²) in [5.41, 5.74) is 2.60. The fourth-order valence-electron chi connectivity index (χ4n) is 3.72. The molecule has 0 fully saturated rings. The van der Waals surface area contributed by atoms with E-state index in [9.17, 15) is 18.8 Å². The highest BCUT2D eigenvalue weighted by molar-refractivity contribution is 7.17. The Labute approximate surface area is 194 Å². The third-order valence-corrected chi connectivity index (χ3v) is 6.57. The lowest BCUT2D eigenvalue weighted by Gasteiger charge is -2.13. The summed E-state index contributed by atoms with van der Waals surface area (Å²) >= 11 is 1.40. The van der Waals surface area contributed by atoms with Crippen molar-refractivity contribution in [1.29, 1.82) is 0 Å². The Morgan fingerprint density at radius 3 is 2.45 bits per heavy atom. The van der Waals surface area contributed by atoms with Gasteiger partial charge in [-0.2, -0.15) is 0 Å². The first kappa shape index (κ1) is 22.7. The molecule has 2 N–H and O–H groups in total. The molecule has 6 nitrogen and oxygen atoms in total. The first-order valence-electron chi connectivity index (χ1n) is 10.7. The predicted octanol–water partition coefficient (Wildman–Crippen LogP) is 4.49. The van der Waals surface area contributed by atoms with Gasteiger partial charge in [-0.05, 0) is 61.1 Å². The number of carbonyl (C=O) groups is 3. The topological polar surface area (TPSA) is 84.5 Å².